The number of aromatic nitrogens is 3. The van der Waals surface area contributed by atoms with Gasteiger partial charge in [-0.25, -0.2) is 9.97 Å². The Balaban J connectivity index is 0.00000164. The van der Waals surface area contributed by atoms with Crippen LogP contribution in [0.3, 0.4) is 0 Å². The monoisotopic (exact) mass is 530 g/mol. The zero-order valence-corrected chi connectivity index (χ0v) is 23.6. The number of rotatable bonds is 10. The molecule has 4 N–H and O–H groups in total. The topological polar surface area (TPSA) is 92.2 Å². The minimum Gasteiger partial charge on any atom is -0.396 e. The van der Waals surface area contributed by atoms with E-state index < -0.39 is 0 Å². The molecule has 200 valence electrons. The van der Waals surface area contributed by atoms with Gasteiger partial charge in [0, 0.05) is 55.0 Å². The summed E-state index contributed by atoms with van der Waals surface area (Å²) in [6.45, 7) is 5.75. The quantitative estimate of drug-likeness (QED) is 0.150. The van der Waals surface area contributed by atoms with Crippen molar-refractivity contribution in [3.05, 3.63) is 66.5 Å². The van der Waals surface area contributed by atoms with Crippen molar-refractivity contribution in [2.45, 2.75) is 44.6 Å². The third-order valence-corrected chi connectivity index (χ3v) is 7.38. The Bertz CT molecular complexity index is 1510. The molecule has 0 aliphatic carbocycles. The fraction of sp³-hybridized carbons (Fsp3) is 0.333. The number of hydrogen-bond donors (Lipinski definition) is 3. The highest BCUT2D eigenvalue weighted by atomic mass is 32.2. The number of nitrogen functional groups attached to an aromatic ring is 1. The van der Waals surface area contributed by atoms with Crippen LogP contribution >= 0.6 is 11.9 Å². The highest BCUT2D eigenvalue weighted by Crippen LogP contribution is 2.32. The Morgan fingerprint density at radius 3 is 2.45 bits per heavy atom. The van der Waals surface area contributed by atoms with Crippen LogP contribution < -0.4 is 15.4 Å². The van der Waals surface area contributed by atoms with Crippen LogP contribution in [0.4, 0.5) is 11.5 Å². The van der Waals surface area contributed by atoms with Crippen LogP contribution in [0.25, 0.3) is 32.7 Å². The van der Waals surface area contributed by atoms with Crippen molar-refractivity contribution < 1.29 is 5.11 Å². The lowest BCUT2D eigenvalue weighted by Gasteiger charge is -2.16. The lowest BCUT2D eigenvalue weighted by atomic mass is 10.1. The lowest BCUT2D eigenvalue weighted by molar-refractivity contribution is 0.294. The van der Waals surface area contributed by atoms with E-state index in [1.807, 2.05) is 32.0 Å². The zero-order chi connectivity index (χ0) is 27.1. The SMILES string of the molecule is CC.CN(C)c1cccc2c(SNCCCCn3c(CCO)nc4c(N)nc5ccccc5c43)cccc12. The molecule has 38 heavy (non-hydrogen) atoms. The molecule has 2 heterocycles. The van der Waals surface area contributed by atoms with Crippen LogP contribution in [-0.4, -0.2) is 46.9 Å². The van der Waals surface area contributed by atoms with E-state index in [0.29, 0.717) is 12.2 Å². The maximum Gasteiger partial charge on any atom is 0.152 e. The van der Waals surface area contributed by atoms with E-state index in [1.54, 1.807) is 11.9 Å². The van der Waals surface area contributed by atoms with Gasteiger partial charge in [-0.05, 0) is 48.4 Å². The number of aryl methyl sites for hydroxylation is 1. The molecule has 0 spiro atoms. The second kappa shape index (κ2) is 13.0. The van der Waals surface area contributed by atoms with E-state index in [2.05, 4.69) is 75.7 Å². The molecule has 5 aromatic rings. The van der Waals surface area contributed by atoms with Crippen LogP contribution in [0.2, 0.25) is 0 Å². The maximum atomic E-state index is 9.61. The van der Waals surface area contributed by atoms with E-state index in [0.717, 1.165) is 53.7 Å². The Kier molecular flexibility index (Phi) is 9.44. The molecule has 5 rings (SSSR count). The first-order valence-electron chi connectivity index (χ1n) is 13.3. The third-order valence-electron chi connectivity index (χ3n) is 6.46. The largest absolute Gasteiger partial charge is 0.396 e. The number of nitrogens with one attached hydrogen (secondary N) is 1. The van der Waals surface area contributed by atoms with Gasteiger partial charge in [0.15, 0.2) is 5.82 Å². The smallest absolute Gasteiger partial charge is 0.152 e. The number of unbranched alkanes of at least 4 members (excludes halogenated alkanes) is 1. The van der Waals surface area contributed by atoms with Crippen LogP contribution in [0.1, 0.15) is 32.5 Å². The van der Waals surface area contributed by atoms with Gasteiger partial charge in [-0.15, -0.1) is 0 Å². The summed E-state index contributed by atoms with van der Waals surface area (Å²) >= 11 is 1.69. The van der Waals surface area contributed by atoms with Gasteiger partial charge in [0.1, 0.15) is 11.3 Å². The first-order chi connectivity index (χ1) is 18.6. The number of fused-ring (bicyclic) bond motifs is 4. The van der Waals surface area contributed by atoms with Gasteiger partial charge in [-0.2, -0.15) is 0 Å². The van der Waals surface area contributed by atoms with Crippen molar-refractivity contribution in [2.24, 2.45) is 0 Å². The van der Waals surface area contributed by atoms with Crippen LogP contribution in [0.5, 0.6) is 0 Å². The molecule has 8 heteroatoms. The van der Waals surface area contributed by atoms with Gasteiger partial charge in [-0.3, -0.25) is 4.72 Å². The normalized spacial score (nSPS) is 11.2. The summed E-state index contributed by atoms with van der Waals surface area (Å²) in [5.74, 6) is 1.29. The Morgan fingerprint density at radius 1 is 0.921 bits per heavy atom. The number of hydrogen-bond acceptors (Lipinski definition) is 7. The molecule has 0 fully saturated rings. The molecule has 0 unspecified atom stereocenters. The minimum atomic E-state index is 0.0490. The third kappa shape index (κ3) is 5.72. The number of benzene rings is 3. The highest BCUT2D eigenvalue weighted by molar-refractivity contribution is 7.97. The predicted octanol–water partition coefficient (Wildman–Crippen LogP) is 6.02. The average molecular weight is 531 g/mol. The molecule has 0 amide bonds. The lowest BCUT2D eigenvalue weighted by Crippen LogP contribution is -2.10. The van der Waals surface area contributed by atoms with E-state index in [4.69, 9.17) is 10.7 Å². The predicted molar refractivity (Wildman–Crippen MR) is 163 cm³/mol. The molecular formula is C30H38N6OS. The molecule has 0 radical (unpaired) electrons. The van der Waals surface area contributed by atoms with Gasteiger partial charge in [0.25, 0.3) is 0 Å². The van der Waals surface area contributed by atoms with Gasteiger partial charge in [-0.1, -0.05) is 56.3 Å². The molecule has 0 aliphatic rings. The Labute approximate surface area is 229 Å². The number of nitrogens with two attached hydrogens (primary N) is 1. The van der Waals surface area contributed by atoms with Crippen LogP contribution in [0, 0.1) is 0 Å². The highest BCUT2D eigenvalue weighted by Gasteiger charge is 2.16. The molecule has 0 saturated heterocycles. The molecule has 0 atom stereocenters. The summed E-state index contributed by atoms with van der Waals surface area (Å²) in [7, 11) is 4.16. The summed E-state index contributed by atoms with van der Waals surface area (Å²) in [5.41, 5.74) is 10.1. The molecular weight excluding hydrogens is 492 g/mol. The van der Waals surface area contributed by atoms with Crippen molar-refractivity contribution in [1.29, 1.82) is 0 Å². The molecule has 0 bridgehead atoms. The fourth-order valence-electron chi connectivity index (χ4n) is 4.78. The standard InChI is InChI=1S/C28H32N6OS.C2H6/c1-33(2)23-13-7-11-20-19(23)10-8-14-24(20)36-30-16-5-6-17-34-25(15-18-35)32-26-27(34)21-9-3-4-12-22(21)31-28(26)29;1-2/h3-4,7-14,30,35H,5-6,15-18H2,1-2H3,(H2,29,31);1-2H3. The number of imidazole rings is 1. The first kappa shape index (κ1) is 27.7. The summed E-state index contributed by atoms with van der Waals surface area (Å²) < 4.78 is 5.76. The summed E-state index contributed by atoms with van der Waals surface area (Å²) in [5, 5.41) is 13.2. The summed E-state index contributed by atoms with van der Waals surface area (Å²) in [6, 6.07) is 21.0. The second-order valence-corrected chi connectivity index (χ2v) is 10.0. The maximum absolute atomic E-state index is 9.61. The van der Waals surface area contributed by atoms with Crippen LogP contribution in [-0.2, 0) is 13.0 Å². The van der Waals surface area contributed by atoms with Gasteiger partial charge >= 0.3 is 0 Å². The van der Waals surface area contributed by atoms with Crippen LogP contribution in [0.15, 0.2) is 65.6 Å². The van der Waals surface area contributed by atoms with Gasteiger partial charge < -0.3 is 20.3 Å². The minimum absolute atomic E-state index is 0.0490. The van der Waals surface area contributed by atoms with E-state index in [-0.39, 0.29) is 6.61 Å². The summed E-state index contributed by atoms with van der Waals surface area (Å²) in [4.78, 5) is 12.7. The number of aliphatic hydroxyl groups excluding tert-OH is 1. The van der Waals surface area contributed by atoms with Crippen molar-refractivity contribution in [1.82, 2.24) is 19.3 Å². The molecule has 0 aliphatic heterocycles. The number of para-hydroxylation sites is 1. The van der Waals surface area contributed by atoms with Crippen molar-refractivity contribution in [3.8, 4) is 0 Å². The van der Waals surface area contributed by atoms with Crippen molar-refractivity contribution in [3.63, 3.8) is 0 Å². The van der Waals surface area contributed by atoms with E-state index in [9.17, 15) is 5.11 Å². The molecule has 2 aromatic heterocycles. The number of aliphatic hydroxyl groups is 1. The van der Waals surface area contributed by atoms with Gasteiger partial charge in [0.2, 0.25) is 0 Å². The molecule has 7 nitrogen and oxygen atoms in total. The molecule has 0 saturated carbocycles. The Hall–Kier alpha value is -3.33. The van der Waals surface area contributed by atoms with Crippen molar-refractivity contribution >= 4 is 56.2 Å². The number of anilines is 2. The number of pyridine rings is 1. The number of nitrogens with zero attached hydrogens (tertiary/aromatic N) is 4. The Morgan fingerprint density at radius 2 is 1.66 bits per heavy atom. The first-order valence-corrected chi connectivity index (χ1v) is 14.1. The van der Waals surface area contributed by atoms with E-state index in [1.165, 1.54) is 21.4 Å². The second-order valence-electron chi connectivity index (χ2n) is 9.09. The fourth-order valence-corrected chi connectivity index (χ4v) is 5.61. The zero-order valence-electron chi connectivity index (χ0n) is 22.7. The van der Waals surface area contributed by atoms with E-state index >= 15 is 0 Å². The summed E-state index contributed by atoms with van der Waals surface area (Å²) in [6.07, 6.45) is 2.48. The van der Waals surface area contributed by atoms with Gasteiger partial charge in [0.05, 0.1) is 17.6 Å². The average Bonchev–Trinajstić information content (AvgIpc) is 3.30. The van der Waals surface area contributed by atoms with Crippen molar-refractivity contribution in [2.75, 3.05) is 37.9 Å². The molecule has 3 aromatic carbocycles.